The summed E-state index contributed by atoms with van der Waals surface area (Å²) < 4.78 is 1.69. The minimum Gasteiger partial charge on any atom is -0.396 e. The number of nitrogens with one attached hydrogen (secondary N) is 1. The lowest BCUT2D eigenvalue weighted by molar-refractivity contribution is 0.260. The van der Waals surface area contributed by atoms with Gasteiger partial charge >= 0.3 is 0 Å². The number of hydrogen-bond acceptors (Lipinski definition) is 4. The maximum absolute atomic E-state index is 8.70. The summed E-state index contributed by atoms with van der Waals surface area (Å²) in [5.74, 6) is 0.497. The first-order valence-electron chi connectivity index (χ1n) is 4.89. The molecular weight excluding hydrogens is 180 g/mol. The summed E-state index contributed by atoms with van der Waals surface area (Å²) in [6, 6.07) is 0. The molecule has 5 nitrogen and oxygen atoms in total. The number of aromatic nitrogens is 3. The van der Waals surface area contributed by atoms with Crippen molar-refractivity contribution in [3.05, 3.63) is 11.9 Å². The van der Waals surface area contributed by atoms with Crippen molar-refractivity contribution in [3.8, 4) is 0 Å². The fourth-order valence-corrected chi connectivity index (χ4v) is 1.25. The van der Waals surface area contributed by atoms with Crippen molar-refractivity contribution in [2.75, 3.05) is 13.2 Å². The fraction of sp³-hybridized carbons (Fsp3) is 0.778. The molecule has 0 saturated carbocycles. The molecule has 0 aliphatic carbocycles. The topological polar surface area (TPSA) is 63.0 Å². The van der Waals surface area contributed by atoms with E-state index in [0.29, 0.717) is 5.92 Å². The monoisotopic (exact) mass is 198 g/mol. The molecule has 14 heavy (non-hydrogen) atoms. The average molecular weight is 198 g/mol. The van der Waals surface area contributed by atoms with E-state index in [4.69, 9.17) is 5.11 Å². The van der Waals surface area contributed by atoms with Gasteiger partial charge in [-0.15, -0.1) is 5.10 Å². The second kappa shape index (κ2) is 5.72. The first-order valence-corrected chi connectivity index (χ1v) is 4.89. The Hall–Kier alpha value is -0.940. The Balaban J connectivity index is 2.15. The van der Waals surface area contributed by atoms with Crippen LogP contribution in [0.3, 0.4) is 0 Å². The van der Waals surface area contributed by atoms with Gasteiger partial charge in [0.25, 0.3) is 0 Å². The second-order valence-corrected chi connectivity index (χ2v) is 3.63. The van der Waals surface area contributed by atoms with Gasteiger partial charge in [0, 0.05) is 26.4 Å². The van der Waals surface area contributed by atoms with Crippen LogP contribution in [0.25, 0.3) is 0 Å². The number of aryl methyl sites for hydroxylation is 1. The van der Waals surface area contributed by atoms with Crippen LogP contribution in [0, 0.1) is 5.92 Å². The highest BCUT2D eigenvalue weighted by atomic mass is 16.3. The lowest BCUT2D eigenvalue weighted by Gasteiger charge is -2.09. The van der Waals surface area contributed by atoms with Crippen molar-refractivity contribution < 1.29 is 5.11 Å². The molecule has 2 N–H and O–H groups in total. The van der Waals surface area contributed by atoms with Crippen LogP contribution in [0.15, 0.2) is 6.20 Å². The highest BCUT2D eigenvalue weighted by Gasteiger charge is 2.01. The summed E-state index contributed by atoms with van der Waals surface area (Å²) in [7, 11) is 1.85. The summed E-state index contributed by atoms with van der Waals surface area (Å²) in [4.78, 5) is 0. The minimum absolute atomic E-state index is 0.258. The Morgan fingerprint density at radius 1 is 1.64 bits per heavy atom. The molecular formula is C9H18N4O. The summed E-state index contributed by atoms with van der Waals surface area (Å²) in [5.41, 5.74) is 0.948. The molecule has 1 rings (SSSR count). The number of hydrogen-bond donors (Lipinski definition) is 2. The fourth-order valence-electron chi connectivity index (χ4n) is 1.25. The van der Waals surface area contributed by atoms with Crippen LogP contribution in [-0.2, 0) is 13.6 Å². The van der Waals surface area contributed by atoms with Gasteiger partial charge in [0.2, 0.25) is 0 Å². The first-order chi connectivity index (χ1) is 6.72. The van der Waals surface area contributed by atoms with E-state index >= 15 is 0 Å². The summed E-state index contributed by atoms with van der Waals surface area (Å²) in [6.07, 6.45) is 2.73. The third-order valence-corrected chi connectivity index (χ3v) is 2.07. The van der Waals surface area contributed by atoms with Crippen LogP contribution in [0.1, 0.15) is 19.0 Å². The van der Waals surface area contributed by atoms with Crippen LogP contribution in [-0.4, -0.2) is 33.3 Å². The predicted molar refractivity (Wildman–Crippen MR) is 53.6 cm³/mol. The second-order valence-electron chi connectivity index (χ2n) is 3.63. The van der Waals surface area contributed by atoms with Crippen molar-refractivity contribution in [3.63, 3.8) is 0 Å². The van der Waals surface area contributed by atoms with E-state index < -0.39 is 0 Å². The molecule has 0 bridgehead atoms. The van der Waals surface area contributed by atoms with Gasteiger partial charge in [-0.3, -0.25) is 4.68 Å². The number of nitrogens with zero attached hydrogens (tertiary/aromatic N) is 3. The van der Waals surface area contributed by atoms with E-state index in [9.17, 15) is 0 Å². The van der Waals surface area contributed by atoms with E-state index in [0.717, 1.165) is 25.2 Å². The van der Waals surface area contributed by atoms with Crippen molar-refractivity contribution >= 4 is 0 Å². The van der Waals surface area contributed by atoms with Crippen molar-refractivity contribution in [2.45, 2.75) is 19.9 Å². The number of aliphatic hydroxyl groups is 1. The normalized spacial score (nSPS) is 13.1. The van der Waals surface area contributed by atoms with E-state index in [-0.39, 0.29) is 6.61 Å². The third-order valence-electron chi connectivity index (χ3n) is 2.07. The quantitative estimate of drug-likeness (QED) is 0.671. The maximum Gasteiger partial charge on any atom is 0.0964 e. The zero-order valence-electron chi connectivity index (χ0n) is 8.77. The minimum atomic E-state index is 0.258. The zero-order valence-corrected chi connectivity index (χ0v) is 8.77. The average Bonchev–Trinajstić information content (AvgIpc) is 2.52. The highest BCUT2D eigenvalue weighted by molar-refractivity contribution is 4.90. The van der Waals surface area contributed by atoms with Crippen molar-refractivity contribution in [1.29, 1.82) is 0 Å². The van der Waals surface area contributed by atoms with Crippen molar-refractivity contribution in [1.82, 2.24) is 20.3 Å². The van der Waals surface area contributed by atoms with Crippen LogP contribution in [0.5, 0.6) is 0 Å². The van der Waals surface area contributed by atoms with E-state index in [1.54, 1.807) is 4.68 Å². The zero-order chi connectivity index (χ0) is 10.4. The molecule has 0 aliphatic rings. The smallest absolute Gasteiger partial charge is 0.0964 e. The Morgan fingerprint density at radius 3 is 3.00 bits per heavy atom. The van der Waals surface area contributed by atoms with Gasteiger partial charge in [0.1, 0.15) is 0 Å². The summed E-state index contributed by atoms with van der Waals surface area (Å²) in [6.45, 7) is 4.01. The van der Waals surface area contributed by atoms with Crippen LogP contribution >= 0.6 is 0 Å². The predicted octanol–water partition coefficient (Wildman–Crippen LogP) is -0.0768. The van der Waals surface area contributed by atoms with Gasteiger partial charge in [-0.05, 0) is 18.9 Å². The lowest BCUT2D eigenvalue weighted by atomic mass is 10.1. The van der Waals surface area contributed by atoms with E-state index in [1.165, 1.54) is 0 Å². The van der Waals surface area contributed by atoms with E-state index in [2.05, 4.69) is 22.6 Å². The molecule has 1 aromatic heterocycles. The number of rotatable bonds is 6. The van der Waals surface area contributed by atoms with Gasteiger partial charge in [0.15, 0.2) is 0 Å². The summed E-state index contributed by atoms with van der Waals surface area (Å²) >= 11 is 0. The van der Waals surface area contributed by atoms with Gasteiger partial charge in [-0.25, -0.2) is 0 Å². The van der Waals surface area contributed by atoms with Crippen molar-refractivity contribution in [2.24, 2.45) is 13.0 Å². The highest BCUT2D eigenvalue weighted by Crippen LogP contribution is 1.98. The first kappa shape index (κ1) is 11.1. The number of aliphatic hydroxyl groups excluding tert-OH is 1. The van der Waals surface area contributed by atoms with Crippen LogP contribution in [0.4, 0.5) is 0 Å². The Kier molecular flexibility index (Phi) is 4.55. The standard InChI is InChI=1S/C9H18N4O/c1-8(3-4-14)5-10-6-9-7-13(2)12-11-9/h7-8,10,14H,3-6H2,1-2H3. The molecule has 5 heteroatoms. The Morgan fingerprint density at radius 2 is 2.43 bits per heavy atom. The maximum atomic E-state index is 8.70. The van der Waals surface area contributed by atoms with Gasteiger partial charge in [-0.2, -0.15) is 0 Å². The molecule has 0 aromatic carbocycles. The molecule has 0 fully saturated rings. The molecule has 0 aliphatic heterocycles. The molecule has 0 amide bonds. The third kappa shape index (κ3) is 3.85. The molecule has 1 heterocycles. The molecule has 0 saturated heterocycles. The Bertz CT molecular complexity index is 261. The van der Waals surface area contributed by atoms with Gasteiger partial charge < -0.3 is 10.4 Å². The van der Waals surface area contributed by atoms with Crippen LogP contribution < -0.4 is 5.32 Å². The van der Waals surface area contributed by atoms with E-state index in [1.807, 2.05) is 13.2 Å². The summed E-state index contributed by atoms with van der Waals surface area (Å²) in [5, 5.41) is 19.8. The molecule has 1 aromatic rings. The van der Waals surface area contributed by atoms with Crippen LogP contribution in [0.2, 0.25) is 0 Å². The SMILES string of the molecule is CC(CCO)CNCc1cn(C)nn1. The van der Waals surface area contributed by atoms with Gasteiger partial charge in [-0.1, -0.05) is 12.1 Å². The molecule has 80 valence electrons. The van der Waals surface area contributed by atoms with Gasteiger partial charge in [0.05, 0.1) is 5.69 Å². The molecule has 1 unspecified atom stereocenters. The molecule has 0 radical (unpaired) electrons. The Labute approximate surface area is 84.1 Å². The lowest BCUT2D eigenvalue weighted by Crippen LogP contribution is -2.21. The molecule has 1 atom stereocenters. The molecule has 0 spiro atoms. The largest absolute Gasteiger partial charge is 0.396 e.